The Balaban J connectivity index is 1.10. The number of furan rings is 1. The molecule has 3 nitrogen and oxygen atoms in total. The fourth-order valence-corrected chi connectivity index (χ4v) is 9.73. The molecule has 3 heteroatoms. The van der Waals surface area contributed by atoms with Crippen LogP contribution in [0.1, 0.15) is 0 Å². The summed E-state index contributed by atoms with van der Waals surface area (Å²) in [6, 6.07) is 69.9. The van der Waals surface area contributed by atoms with Gasteiger partial charge in [0, 0.05) is 27.5 Å². The average Bonchev–Trinajstić information content (AvgIpc) is 3.68. The molecule has 0 atom stereocenters. The van der Waals surface area contributed by atoms with Gasteiger partial charge < -0.3 is 4.42 Å². The first-order valence-corrected chi connectivity index (χ1v) is 20.1. The van der Waals surface area contributed by atoms with E-state index in [1.54, 1.807) is 0 Å². The summed E-state index contributed by atoms with van der Waals surface area (Å²) in [5.41, 5.74) is 8.75. The summed E-state index contributed by atoms with van der Waals surface area (Å²) in [6.07, 6.45) is 0. The lowest BCUT2D eigenvalue weighted by atomic mass is 9.86. The Bertz CT molecular complexity index is 3840. The number of benzene rings is 10. The maximum atomic E-state index is 6.20. The molecule has 0 aliphatic carbocycles. The molecule has 0 aliphatic rings. The van der Waals surface area contributed by atoms with Crippen molar-refractivity contribution in [3.63, 3.8) is 0 Å². The Hall–Kier alpha value is -7.88. The van der Waals surface area contributed by atoms with Crippen LogP contribution in [0, 0.1) is 0 Å². The maximum absolute atomic E-state index is 6.20. The molecule has 0 fully saturated rings. The van der Waals surface area contributed by atoms with E-state index < -0.39 is 0 Å². The summed E-state index contributed by atoms with van der Waals surface area (Å²) >= 11 is 0. The second-order valence-corrected chi connectivity index (χ2v) is 15.6. The van der Waals surface area contributed by atoms with Gasteiger partial charge in [-0.15, -0.1) is 0 Å². The number of nitrogens with zero attached hydrogens (tertiary/aromatic N) is 2. The van der Waals surface area contributed by atoms with Gasteiger partial charge in [0.05, 0.1) is 11.4 Å². The molecule has 11 aromatic carbocycles. The first kappa shape index (κ1) is 32.2. The SMILES string of the molecule is c1ccc(-c2nc(-c3ccc4oc5ccccc5c4c3)cc(-c3ccccc3-c3cc4ccc5cccc6c7cccc8ccc9cccc(c(c3)c4c56)c9c87)n2)cc1. The van der Waals surface area contributed by atoms with Crippen molar-refractivity contribution in [2.24, 2.45) is 0 Å². The molecule has 0 saturated heterocycles. The van der Waals surface area contributed by atoms with Gasteiger partial charge in [0.25, 0.3) is 0 Å². The van der Waals surface area contributed by atoms with E-state index in [0.29, 0.717) is 5.82 Å². The van der Waals surface area contributed by atoms with Gasteiger partial charge in [0.2, 0.25) is 0 Å². The molecule has 0 saturated carbocycles. The smallest absolute Gasteiger partial charge is 0.160 e. The highest BCUT2D eigenvalue weighted by Gasteiger charge is 2.19. The molecule has 0 N–H and O–H groups in total. The fraction of sp³-hybridized carbons (Fsp3) is 0. The molecule has 0 amide bonds. The molecule has 0 aliphatic heterocycles. The summed E-state index contributed by atoms with van der Waals surface area (Å²) < 4.78 is 6.20. The van der Waals surface area contributed by atoms with E-state index in [2.05, 4.69) is 164 Å². The minimum atomic E-state index is 0.684. The van der Waals surface area contributed by atoms with Crippen LogP contribution in [0.4, 0.5) is 0 Å². The largest absolute Gasteiger partial charge is 0.456 e. The summed E-state index contributed by atoms with van der Waals surface area (Å²) in [5.74, 6) is 0.684. The van der Waals surface area contributed by atoms with Crippen LogP contribution in [-0.2, 0) is 0 Å². The number of fused-ring (bicyclic) bond motifs is 5. The van der Waals surface area contributed by atoms with Gasteiger partial charge in [-0.3, -0.25) is 0 Å². The highest BCUT2D eigenvalue weighted by Crippen LogP contribution is 2.45. The van der Waals surface area contributed by atoms with E-state index in [1.807, 2.05) is 30.3 Å². The maximum Gasteiger partial charge on any atom is 0.160 e. The van der Waals surface area contributed by atoms with E-state index in [-0.39, 0.29) is 0 Å². The molecule has 0 unspecified atom stereocenters. The number of aromatic nitrogens is 2. The Morgan fingerprint density at radius 1 is 0.288 bits per heavy atom. The fourth-order valence-electron chi connectivity index (χ4n) is 9.73. The highest BCUT2D eigenvalue weighted by atomic mass is 16.3. The highest BCUT2D eigenvalue weighted by molar-refractivity contribution is 6.37. The van der Waals surface area contributed by atoms with Gasteiger partial charge in [-0.05, 0) is 118 Å². The quantitative estimate of drug-likeness (QED) is 0.168. The van der Waals surface area contributed by atoms with Gasteiger partial charge in [-0.1, -0.05) is 152 Å². The topological polar surface area (TPSA) is 38.9 Å². The molecule has 13 aromatic rings. The molecule has 0 spiro atoms. The molecule has 0 bridgehead atoms. The molecular weight excluding hydrogens is 717 g/mol. The van der Waals surface area contributed by atoms with Crippen molar-refractivity contribution >= 4 is 86.6 Å². The second kappa shape index (κ2) is 12.3. The lowest BCUT2D eigenvalue weighted by Gasteiger charge is -2.18. The van der Waals surface area contributed by atoms with Gasteiger partial charge in [-0.2, -0.15) is 0 Å². The number of hydrogen-bond acceptors (Lipinski definition) is 3. The van der Waals surface area contributed by atoms with Gasteiger partial charge in [0.15, 0.2) is 5.82 Å². The van der Waals surface area contributed by atoms with Crippen LogP contribution in [-0.4, -0.2) is 9.97 Å². The van der Waals surface area contributed by atoms with Crippen LogP contribution in [0.15, 0.2) is 199 Å². The van der Waals surface area contributed by atoms with Crippen molar-refractivity contribution in [1.29, 1.82) is 0 Å². The van der Waals surface area contributed by atoms with Crippen molar-refractivity contribution in [3.8, 4) is 45.0 Å². The molecule has 2 aromatic heterocycles. The zero-order valence-electron chi connectivity index (χ0n) is 31.8. The Morgan fingerprint density at radius 3 is 1.56 bits per heavy atom. The number of rotatable bonds is 4. The van der Waals surface area contributed by atoms with Crippen LogP contribution in [0.3, 0.4) is 0 Å². The second-order valence-electron chi connectivity index (χ2n) is 15.6. The Morgan fingerprint density at radius 2 is 0.831 bits per heavy atom. The van der Waals surface area contributed by atoms with E-state index in [1.165, 1.54) is 64.6 Å². The lowest BCUT2D eigenvalue weighted by molar-refractivity contribution is 0.669. The Kier molecular flexibility index (Phi) is 6.72. The van der Waals surface area contributed by atoms with Crippen molar-refractivity contribution in [2.75, 3.05) is 0 Å². The number of hydrogen-bond donors (Lipinski definition) is 0. The zero-order valence-corrected chi connectivity index (χ0v) is 31.8. The van der Waals surface area contributed by atoms with Crippen molar-refractivity contribution < 1.29 is 4.42 Å². The van der Waals surface area contributed by atoms with Crippen LogP contribution in [0.25, 0.3) is 132 Å². The third-order valence-electron chi connectivity index (χ3n) is 12.4. The molecule has 59 heavy (non-hydrogen) atoms. The standard InChI is InChI=1S/C56H32N2O/c1-2-11-36(12-3-1)56-57-48(37-27-28-51-46(30-37)42-18-6-7-22-50(42)59-51)32-49(58-56)41-17-5-4-16-40(41)39-29-38-26-25-35-14-9-20-44-43-19-8-13-33-23-24-34-15-10-21-45(54(34)52(33)43)47(31-39)55(38)53(35)44/h1-32H. The third-order valence-corrected chi connectivity index (χ3v) is 12.4. The van der Waals surface area contributed by atoms with Gasteiger partial charge in [0.1, 0.15) is 11.2 Å². The van der Waals surface area contributed by atoms with E-state index in [9.17, 15) is 0 Å². The predicted molar refractivity (Wildman–Crippen MR) is 247 cm³/mol. The minimum absolute atomic E-state index is 0.684. The summed E-state index contributed by atoms with van der Waals surface area (Å²) in [6.45, 7) is 0. The predicted octanol–water partition coefficient (Wildman–Crippen LogP) is 15.4. The molecular formula is C56H32N2O. The van der Waals surface area contributed by atoms with Crippen molar-refractivity contribution in [3.05, 3.63) is 194 Å². The lowest BCUT2D eigenvalue weighted by Crippen LogP contribution is -1.97. The van der Waals surface area contributed by atoms with Crippen LogP contribution in [0.2, 0.25) is 0 Å². The third kappa shape index (κ3) is 4.82. The minimum Gasteiger partial charge on any atom is -0.456 e. The average molecular weight is 749 g/mol. The first-order valence-electron chi connectivity index (χ1n) is 20.1. The van der Waals surface area contributed by atoms with Crippen LogP contribution < -0.4 is 0 Å². The van der Waals surface area contributed by atoms with Crippen LogP contribution >= 0.6 is 0 Å². The van der Waals surface area contributed by atoms with E-state index in [0.717, 1.165) is 61.1 Å². The van der Waals surface area contributed by atoms with Gasteiger partial charge in [-0.25, -0.2) is 9.97 Å². The van der Waals surface area contributed by atoms with Crippen molar-refractivity contribution in [1.82, 2.24) is 9.97 Å². The molecule has 0 radical (unpaired) electrons. The molecule has 13 rings (SSSR count). The Labute approximate surface area is 338 Å². The molecule has 2 heterocycles. The zero-order chi connectivity index (χ0) is 38.6. The normalized spacial score (nSPS) is 12.1. The van der Waals surface area contributed by atoms with Crippen molar-refractivity contribution in [2.45, 2.75) is 0 Å². The van der Waals surface area contributed by atoms with Gasteiger partial charge >= 0.3 is 0 Å². The summed E-state index contributed by atoms with van der Waals surface area (Å²) in [5, 5.41) is 17.4. The molecule has 272 valence electrons. The summed E-state index contributed by atoms with van der Waals surface area (Å²) in [7, 11) is 0. The van der Waals surface area contributed by atoms with Crippen LogP contribution in [0.5, 0.6) is 0 Å². The van der Waals surface area contributed by atoms with E-state index in [4.69, 9.17) is 14.4 Å². The number of para-hydroxylation sites is 1. The summed E-state index contributed by atoms with van der Waals surface area (Å²) in [4.78, 5) is 10.5. The first-order chi connectivity index (χ1) is 29.2. The monoisotopic (exact) mass is 748 g/mol. The van der Waals surface area contributed by atoms with E-state index >= 15 is 0 Å².